The second-order valence-electron chi connectivity index (χ2n) is 7.14. The number of nitrogens with one attached hydrogen (secondary N) is 1. The molecule has 2 aromatic carbocycles. The summed E-state index contributed by atoms with van der Waals surface area (Å²) in [4.78, 5) is 17.3. The second kappa shape index (κ2) is 7.48. The van der Waals surface area contributed by atoms with E-state index in [9.17, 15) is 9.18 Å². The SMILES string of the molecule is C[C@@H]1CN(CCc2ccc(F)cc2)CCN1C(=O)c1n[nH]c2ccccc12. The molecule has 6 heteroatoms. The first-order chi connectivity index (χ1) is 13.1. The minimum absolute atomic E-state index is 0.0156. The lowest BCUT2D eigenvalue weighted by Gasteiger charge is -2.39. The van der Waals surface area contributed by atoms with Crippen LogP contribution in [0.5, 0.6) is 0 Å². The highest BCUT2D eigenvalue weighted by molar-refractivity contribution is 6.04. The molecule has 5 nitrogen and oxygen atoms in total. The van der Waals surface area contributed by atoms with Crippen molar-refractivity contribution in [1.82, 2.24) is 20.0 Å². The molecule has 140 valence electrons. The van der Waals surface area contributed by atoms with Gasteiger partial charge >= 0.3 is 0 Å². The first-order valence-corrected chi connectivity index (χ1v) is 9.32. The predicted molar refractivity (Wildman–Crippen MR) is 103 cm³/mol. The zero-order chi connectivity index (χ0) is 18.8. The molecule has 0 aliphatic carbocycles. The fraction of sp³-hybridized carbons (Fsp3) is 0.333. The number of aromatic nitrogens is 2. The molecule has 1 atom stereocenters. The summed E-state index contributed by atoms with van der Waals surface area (Å²) < 4.78 is 13.0. The molecular weight excluding hydrogens is 343 g/mol. The standard InChI is InChI=1S/C21H23FN4O/c1-15-14-25(11-10-16-6-8-17(22)9-7-16)12-13-26(15)21(27)20-18-4-2-3-5-19(18)23-24-20/h2-9,15H,10-14H2,1H3,(H,23,24)/t15-/m1/s1. The van der Waals surface area contributed by atoms with E-state index in [0.29, 0.717) is 12.2 Å². The quantitative estimate of drug-likeness (QED) is 0.772. The molecule has 0 bridgehead atoms. The fourth-order valence-corrected chi connectivity index (χ4v) is 3.74. The van der Waals surface area contributed by atoms with Crippen molar-refractivity contribution in [3.63, 3.8) is 0 Å². The zero-order valence-electron chi connectivity index (χ0n) is 15.4. The van der Waals surface area contributed by atoms with Gasteiger partial charge in [0.25, 0.3) is 5.91 Å². The van der Waals surface area contributed by atoms with E-state index >= 15 is 0 Å². The van der Waals surface area contributed by atoms with E-state index in [0.717, 1.165) is 42.5 Å². The van der Waals surface area contributed by atoms with E-state index < -0.39 is 0 Å². The molecule has 27 heavy (non-hydrogen) atoms. The number of hydrogen-bond donors (Lipinski definition) is 1. The van der Waals surface area contributed by atoms with Crippen LogP contribution in [0.4, 0.5) is 4.39 Å². The molecule has 1 aliphatic heterocycles. The van der Waals surface area contributed by atoms with Gasteiger partial charge in [-0.3, -0.25) is 14.8 Å². The Bertz CT molecular complexity index is 937. The maximum atomic E-state index is 13.0. The minimum atomic E-state index is -0.203. The van der Waals surface area contributed by atoms with Crippen LogP contribution < -0.4 is 0 Å². The third-order valence-electron chi connectivity index (χ3n) is 5.28. The molecule has 2 heterocycles. The van der Waals surface area contributed by atoms with E-state index in [4.69, 9.17) is 0 Å². The number of H-pyrrole nitrogens is 1. The molecule has 1 amide bonds. The number of carbonyl (C=O) groups excluding carboxylic acids is 1. The first kappa shape index (κ1) is 17.7. The Morgan fingerprint density at radius 3 is 2.74 bits per heavy atom. The number of hydrogen-bond acceptors (Lipinski definition) is 3. The molecule has 1 saturated heterocycles. The van der Waals surface area contributed by atoms with E-state index in [1.807, 2.05) is 41.3 Å². The van der Waals surface area contributed by atoms with Crippen LogP contribution >= 0.6 is 0 Å². The van der Waals surface area contributed by atoms with Gasteiger partial charge in [0.1, 0.15) is 5.82 Å². The molecular formula is C21H23FN4O. The summed E-state index contributed by atoms with van der Waals surface area (Å²) in [6, 6.07) is 14.5. The number of amides is 1. The van der Waals surface area contributed by atoms with Crippen molar-refractivity contribution in [2.75, 3.05) is 26.2 Å². The number of piperazine rings is 1. The number of benzene rings is 2. The fourth-order valence-electron chi connectivity index (χ4n) is 3.74. The molecule has 1 fully saturated rings. The number of rotatable bonds is 4. The van der Waals surface area contributed by atoms with Gasteiger partial charge in [0.2, 0.25) is 0 Å². The van der Waals surface area contributed by atoms with Gasteiger partial charge in [-0.1, -0.05) is 30.3 Å². The van der Waals surface area contributed by atoms with Crippen molar-refractivity contribution in [2.45, 2.75) is 19.4 Å². The van der Waals surface area contributed by atoms with Crippen LogP contribution in [0.3, 0.4) is 0 Å². The molecule has 0 spiro atoms. The maximum absolute atomic E-state index is 13.0. The lowest BCUT2D eigenvalue weighted by atomic mass is 10.1. The highest BCUT2D eigenvalue weighted by atomic mass is 19.1. The van der Waals surface area contributed by atoms with E-state index in [1.165, 1.54) is 12.1 Å². The van der Waals surface area contributed by atoms with Crippen LogP contribution in [-0.4, -0.2) is 58.1 Å². The minimum Gasteiger partial charge on any atom is -0.332 e. The van der Waals surface area contributed by atoms with Crippen LogP contribution in [0.15, 0.2) is 48.5 Å². The average Bonchev–Trinajstić information content (AvgIpc) is 3.11. The Labute approximate surface area is 157 Å². The highest BCUT2D eigenvalue weighted by Crippen LogP contribution is 2.20. The second-order valence-corrected chi connectivity index (χ2v) is 7.14. The monoisotopic (exact) mass is 366 g/mol. The molecule has 1 aromatic heterocycles. The average molecular weight is 366 g/mol. The zero-order valence-corrected chi connectivity index (χ0v) is 15.4. The van der Waals surface area contributed by atoms with Crippen LogP contribution in [-0.2, 0) is 6.42 Å². The molecule has 4 rings (SSSR count). The van der Waals surface area contributed by atoms with Crippen molar-refractivity contribution in [3.05, 3.63) is 65.6 Å². The largest absolute Gasteiger partial charge is 0.332 e. The van der Waals surface area contributed by atoms with Crippen molar-refractivity contribution in [2.24, 2.45) is 0 Å². The third-order valence-corrected chi connectivity index (χ3v) is 5.28. The molecule has 1 aliphatic rings. The molecule has 1 N–H and O–H groups in total. The van der Waals surface area contributed by atoms with Gasteiger partial charge in [0.15, 0.2) is 5.69 Å². The van der Waals surface area contributed by atoms with Gasteiger partial charge in [0.05, 0.1) is 5.52 Å². The van der Waals surface area contributed by atoms with Gasteiger partial charge < -0.3 is 4.90 Å². The summed E-state index contributed by atoms with van der Waals surface area (Å²) in [5, 5.41) is 8.06. The number of para-hydroxylation sites is 1. The Balaban J connectivity index is 1.38. The Morgan fingerprint density at radius 1 is 1.19 bits per heavy atom. The number of fused-ring (bicyclic) bond motifs is 1. The highest BCUT2D eigenvalue weighted by Gasteiger charge is 2.29. The summed E-state index contributed by atoms with van der Waals surface area (Å²) in [7, 11) is 0. The summed E-state index contributed by atoms with van der Waals surface area (Å²) in [5.41, 5.74) is 2.51. The van der Waals surface area contributed by atoms with Crippen molar-refractivity contribution in [1.29, 1.82) is 0 Å². The molecule has 3 aromatic rings. The van der Waals surface area contributed by atoms with Gasteiger partial charge in [-0.25, -0.2) is 4.39 Å². The summed E-state index contributed by atoms with van der Waals surface area (Å²) in [6.07, 6.45) is 0.880. The maximum Gasteiger partial charge on any atom is 0.275 e. The Kier molecular flexibility index (Phi) is 4.90. The van der Waals surface area contributed by atoms with E-state index in [1.54, 1.807) is 0 Å². The number of aromatic amines is 1. The lowest BCUT2D eigenvalue weighted by Crippen LogP contribution is -2.54. The van der Waals surface area contributed by atoms with E-state index in [2.05, 4.69) is 22.0 Å². The van der Waals surface area contributed by atoms with Crippen molar-refractivity contribution in [3.8, 4) is 0 Å². The van der Waals surface area contributed by atoms with Crippen LogP contribution in [0.2, 0.25) is 0 Å². The predicted octanol–water partition coefficient (Wildman–Crippen LogP) is 3.09. The molecule has 0 saturated carbocycles. The summed E-state index contributed by atoms with van der Waals surface area (Å²) in [6.45, 7) is 5.33. The van der Waals surface area contributed by atoms with Crippen molar-refractivity contribution < 1.29 is 9.18 Å². The van der Waals surface area contributed by atoms with Crippen molar-refractivity contribution >= 4 is 16.8 Å². The number of halogens is 1. The van der Waals surface area contributed by atoms with E-state index in [-0.39, 0.29) is 17.8 Å². The Morgan fingerprint density at radius 2 is 1.96 bits per heavy atom. The van der Waals surface area contributed by atoms with Gasteiger partial charge in [-0.05, 0) is 37.1 Å². The number of carbonyl (C=O) groups is 1. The van der Waals surface area contributed by atoms with Crippen LogP contribution in [0, 0.1) is 5.82 Å². The first-order valence-electron chi connectivity index (χ1n) is 9.32. The smallest absolute Gasteiger partial charge is 0.275 e. The Hall–Kier alpha value is -2.73. The van der Waals surface area contributed by atoms with Gasteiger partial charge in [0, 0.05) is 37.6 Å². The number of nitrogens with zero attached hydrogens (tertiary/aromatic N) is 3. The molecule has 0 unspecified atom stereocenters. The normalized spacial score (nSPS) is 18.1. The lowest BCUT2D eigenvalue weighted by molar-refractivity contribution is 0.0488. The topological polar surface area (TPSA) is 52.2 Å². The van der Waals surface area contributed by atoms with Gasteiger partial charge in [-0.15, -0.1) is 0 Å². The summed E-state index contributed by atoms with van der Waals surface area (Å²) >= 11 is 0. The van der Waals surface area contributed by atoms with Crippen LogP contribution in [0.1, 0.15) is 23.0 Å². The third kappa shape index (κ3) is 3.71. The van der Waals surface area contributed by atoms with Crippen LogP contribution in [0.25, 0.3) is 10.9 Å². The molecule has 0 radical (unpaired) electrons. The summed E-state index contributed by atoms with van der Waals surface area (Å²) in [5.74, 6) is -0.219. The van der Waals surface area contributed by atoms with Gasteiger partial charge in [-0.2, -0.15) is 5.10 Å².